The van der Waals surface area contributed by atoms with Gasteiger partial charge in [-0.1, -0.05) is 29.3 Å². The lowest BCUT2D eigenvalue weighted by atomic mass is 9.53. The molecule has 4 saturated carbocycles. The maximum atomic E-state index is 2.60. The van der Waals surface area contributed by atoms with Crippen molar-refractivity contribution in [1.29, 1.82) is 0 Å². The first-order valence-electron chi connectivity index (χ1n) is 9.73. The molecule has 2 nitrogen and oxygen atoms in total. The Labute approximate surface area is 145 Å². The van der Waals surface area contributed by atoms with Gasteiger partial charge in [-0.2, -0.15) is 0 Å². The molecule has 2 aromatic rings. The smallest absolute Gasteiger partial charge is 0.233 e. The van der Waals surface area contributed by atoms with E-state index in [9.17, 15) is 0 Å². The second kappa shape index (κ2) is 5.21. The lowest BCUT2D eigenvalue weighted by molar-refractivity contribution is -0.688. The monoisotopic (exact) mass is 321 g/mol. The van der Waals surface area contributed by atoms with Crippen LogP contribution < -0.4 is 4.57 Å². The van der Waals surface area contributed by atoms with Crippen molar-refractivity contribution in [3.63, 3.8) is 0 Å². The van der Waals surface area contributed by atoms with Crippen molar-refractivity contribution in [3.8, 4) is 0 Å². The molecule has 4 aliphatic rings. The number of aromatic nitrogens is 2. The van der Waals surface area contributed by atoms with Crippen LogP contribution in [0, 0.1) is 31.6 Å². The molecule has 0 spiro atoms. The van der Waals surface area contributed by atoms with Crippen LogP contribution in [0.3, 0.4) is 0 Å². The molecular formula is C22H29N2+. The maximum Gasteiger partial charge on any atom is 0.244 e. The fraction of sp³-hybridized carbons (Fsp3) is 0.591. The fourth-order valence-electron chi connectivity index (χ4n) is 6.52. The minimum atomic E-state index is 0.447. The Balaban J connectivity index is 1.41. The van der Waals surface area contributed by atoms with Crippen LogP contribution in [0.2, 0.25) is 0 Å². The summed E-state index contributed by atoms with van der Waals surface area (Å²) < 4.78 is 4.98. The summed E-state index contributed by atoms with van der Waals surface area (Å²) in [7, 11) is 0. The van der Waals surface area contributed by atoms with Gasteiger partial charge in [-0.25, -0.2) is 9.13 Å². The van der Waals surface area contributed by atoms with Crippen LogP contribution in [0.15, 0.2) is 36.9 Å². The molecule has 0 unspecified atom stereocenters. The Morgan fingerprint density at radius 1 is 0.958 bits per heavy atom. The van der Waals surface area contributed by atoms with Gasteiger partial charge in [-0.05, 0) is 75.7 Å². The van der Waals surface area contributed by atoms with Crippen molar-refractivity contribution in [1.82, 2.24) is 4.57 Å². The van der Waals surface area contributed by atoms with Crippen LogP contribution >= 0.6 is 0 Å². The lowest BCUT2D eigenvalue weighted by Gasteiger charge is -2.54. The van der Waals surface area contributed by atoms with Gasteiger partial charge in [0.05, 0.1) is 0 Å². The van der Waals surface area contributed by atoms with Crippen LogP contribution in [0.25, 0.3) is 0 Å². The Bertz CT molecular complexity index is 714. The first kappa shape index (κ1) is 14.7. The summed E-state index contributed by atoms with van der Waals surface area (Å²) in [5.41, 5.74) is 4.60. The Morgan fingerprint density at radius 3 is 2.12 bits per heavy atom. The molecule has 6 rings (SSSR count). The molecule has 2 heteroatoms. The third-order valence-corrected chi connectivity index (χ3v) is 6.89. The van der Waals surface area contributed by atoms with E-state index in [0.717, 1.165) is 24.3 Å². The van der Waals surface area contributed by atoms with Gasteiger partial charge >= 0.3 is 0 Å². The van der Waals surface area contributed by atoms with E-state index < -0.39 is 0 Å². The quantitative estimate of drug-likeness (QED) is 0.743. The third kappa shape index (κ3) is 2.42. The number of hydrogen-bond acceptors (Lipinski definition) is 0. The summed E-state index contributed by atoms with van der Waals surface area (Å²) in [5, 5.41) is 0. The zero-order valence-corrected chi connectivity index (χ0v) is 15.0. The van der Waals surface area contributed by atoms with Crippen LogP contribution in [0.1, 0.15) is 55.2 Å². The highest BCUT2D eigenvalue weighted by molar-refractivity contribution is 5.27. The summed E-state index contributed by atoms with van der Waals surface area (Å²) >= 11 is 0. The van der Waals surface area contributed by atoms with Gasteiger partial charge in [0.25, 0.3) is 0 Å². The average Bonchev–Trinajstić information content (AvgIpc) is 2.94. The number of imidazole rings is 1. The molecule has 1 aromatic heterocycles. The van der Waals surface area contributed by atoms with Gasteiger partial charge in [0.15, 0.2) is 0 Å². The van der Waals surface area contributed by atoms with E-state index in [0.29, 0.717) is 5.54 Å². The molecule has 0 saturated heterocycles. The van der Waals surface area contributed by atoms with E-state index >= 15 is 0 Å². The number of rotatable bonds is 3. The second-order valence-corrected chi connectivity index (χ2v) is 9.13. The second-order valence-electron chi connectivity index (χ2n) is 9.13. The minimum absolute atomic E-state index is 0.447. The van der Waals surface area contributed by atoms with Gasteiger partial charge in [0.1, 0.15) is 24.5 Å². The number of nitrogens with zero attached hydrogens (tertiary/aromatic N) is 2. The van der Waals surface area contributed by atoms with Crippen molar-refractivity contribution < 1.29 is 4.57 Å². The SMILES string of the molecule is Cc1cc(C)cc(C[n+]2ccn(C34CC5CC(CC(C5)C3)C4)c2)c1. The maximum absolute atomic E-state index is 2.60. The van der Waals surface area contributed by atoms with Crippen molar-refractivity contribution in [2.24, 2.45) is 17.8 Å². The minimum Gasteiger partial charge on any atom is -0.233 e. The zero-order valence-electron chi connectivity index (χ0n) is 15.0. The van der Waals surface area contributed by atoms with Gasteiger partial charge in [-0.3, -0.25) is 0 Å². The largest absolute Gasteiger partial charge is 0.244 e. The highest BCUT2D eigenvalue weighted by Crippen LogP contribution is 2.58. The molecule has 0 amide bonds. The predicted octanol–water partition coefficient (Wildman–Crippen LogP) is 4.37. The summed E-state index contributed by atoms with van der Waals surface area (Å²) in [6.45, 7) is 5.38. The molecule has 4 aliphatic carbocycles. The van der Waals surface area contributed by atoms with Crippen molar-refractivity contribution >= 4 is 0 Å². The van der Waals surface area contributed by atoms with E-state index in [4.69, 9.17) is 0 Å². The summed E-state index contributed by atoms with van der Waals surface area (Å²) in [4.78, 5) is 0. The van der Waals surface area contributed by atoms with Gasteiger partial charge in [-0.15, -0.1) is 0 Å². The molecule has 1 aromatic carbocycles. The lowest BCUT2D eigenvalue weighted by Crippen LogP contribution is -2.51. The predicted molar refractivity (Wildman–Crippen MR) is 95.8 cm³/mol. The first-order chi connectivity index (χ1) is 11.6. The van der Waals surface area contributed by atoms with E-state index in [-0.39, 0.29) is 0 Å². The van der Waals surface area contributed by atoms with Crippen LogP contribution in [-0.4, -0.2) is 4.57 Å². The zero-order chi connectivity index (χ0) is 16.3. The van der Waals surface area contributed by atoms with Gasteiger partial charge < -0.3 is 0 Å². The highest BCUT2D eigenvalue weighted by atomic mass is 15.2. The number of benzene rings is 1. The topological polar surface area (TPSA) is 8.81 Å². The highest BCUT2D eigenvalue weighted by Gasteiger charge is 2.54. The summed E-state index contributed by atoms with van der Waals surface area (Å²) in [6, 6.07) is 6.90. The fourth-order valence-corrected chi connectivity index (χ4v) is 6.52. The summed E-state index contributed by atoms with van der Waals surface area (Å²) in [5.74, 6) is 3.02. The molecule has 126 valence electrons. The molecule has 4 fully saturated rings. The average molecular weight is 321 g/mol. The molecule has 0 atom stereocenters. The van der Waals surface area contributed by atoms with Crippen LogP contribution in [0.4, 0.5) is 0 Å². The van der Waals surface area contributed by atoms with Crippen molar-refractivity contribution in [2.75, 3.05) is 0 Å². The molecular weight excluding hydrogens is 292 g/mol. The van der Waals surface area contributed by atoms with Gasteiger partial charge in [0.2, 0.25) is 6.33 Å². The molecule has 24 heavy (non-hydrogen) atoms. The van der Waals surface area contributed by atoms with Crippen molar-refractivity contribution in [2.45, 2.75) is 64.5 Å². The molecule has 0 aliphatic heterocycles. The molecule has 0 N–H and O–H groups in total. The Hall–Kier alpha value is -1.57. The van der Waals surface area contributed by atoms with Crippen molar-refractivity contribution in [3.05, 3.63) is 53.6 Å². The number of aryl methyl sites for hydroxylation is 2. The molecule has 1 heterocycles. The standard InChI is InChI=1S/C22H29N2/c1-16-5-17(2)7-21(6-16)14-23-3-4-24(15-23)22-11-18-8-19(12-22)10-20(9-18)13-22/h3-7,15,18-20H,8-14H2,1-2H3/q+1. The number of hydrogen-bond donors (Lipinski definition) is 0. The summed E-state index contributed by atoms with van der Waals surface area (Å²) in [6.07, 6.45) is 15.9. The van der Waals surface area contributed by atoms with E-state index in [1.54, 1.807) is 0 Å². The third-order valence-electron chi connectivity index (χ3n) is 6.89. The van der Waals surface area contributed by atoms with E-state index in [2.05, 4.69) is 59.9 Å². The Kier molecular flexibility index (Phi) is 3.20. The Morgan fingerprint density at radius 2 is 1.54 bits per heavy atom. The molecule has 0 radical (unpaired) electrons. The van der Waals surface area contributed by atoms with Crippen LogP contribution in [0.5, 0.6) is 0 Å². The normalized spacial score (nSPS) is 34.0. The van der Waals surface area contributed by atoms with E-state index in [1.807, 2.05) is 0 Å². The van der Waals surface area contributed by atoms with Gasteiger partial charge in [0, 0.05) is 0 Å². The van der Waals surface area contributed by atoms with Crippen LogP contribution in [-0.2, 0) is 12.1 Å². The van der Waals surface area contributed by atoms with E-state index in [1.165, 1.54) is 55.2 Å². The first-order valence-corrected chi connectivity index (χ1v) is 9.73. The molecule has 4 bridgehead atoms.